The number of carbonyl (C=O) groups is 2. The molecule has 8 heteroatoms. The molecule has 0 fully saturated rings. The van der Waals surface area contributed by atoms with Crippen molar-refractivity contribution in [2.24, 2.45) is 0 Å². The van der Waals surface area contributed by atoms with E-state index in [2.05, 4.69) is 0 Å². The Labute approximate surface area is 155 Å². The number of hydrogen-bond acceptors (Lipinski definition) is 6. The summed E-state index contributed by atoms with van der Waals surface area (Å²) in [5.74, 6) is -0.134. The summed E-state index contributed by atoms with van der Waals surface area (Å²) in [5, 5.41) is 10.7. The van der Waals surface area contributed by atoms with E-state index in [1.165, 1.54) is 17.0 Å². The van der Waals surface area contributed by atoms with E-state index in [1.54, 1.807) is 18.8 Å². The molecule has 0 N–H and O–H groups in total. The average molecular weight is 374 g/mol. The molecule has 0 atom stereocenters. The van der Waals surface area contributed by atoms with Crippen LogP contribution in [0.5, 0.6) is 5.75 Å². The van der Waals surface area contributed by atoms with Crippen molar-refractivity contribution >= 4 is 29.6 Å². The fraction of sp³-hybridized carbons (Fsp3) is 0.222. The molecule has 1 amide bonds. The molecule has 0 spiro atoms. The maximum Gasteiger partial charge on any atom is 0.270 e. The number of amides is 1. The number of non-ortho nitro benzene ring substituents is 1. The van der Waals surface area contributed by atoms with Crippen LogP contribution in [0, 0.1) is 10.1 Å². The Morgan fingerprint density at radius 1 is 1.27 bits per heavy atom. The van der Waals surface area contributed by atoms with Crippen LogP contribution >= 0.6 is 11.8 Å². The number of aldehydes is 1. The van der Waals surface area contributed by atoms with Gasteiger partial charge in [0, 0.05) is 30.6 Å². The summed E-state index contributed by atoms with van der Waals surface area (Å²) in [4.78, 5) is 36.1. The molecule has 2 rings (SSSR count). The zero-order chi connectivity index (χ0) is 19.1. The first-order chi connectivity index (χ1) is 12.4. The first-order valence-corrected chi connectivity index (χ1v) is 8.90. The molecular formula is C18H18N2O5S. The van der Waals surface area contributed by atoms with Crippen molar-refractivity contribution < 1.29 is 19.2 Å². The number of nitro groups is 1. The van der Waals surface area contributed by atoms with Crippen LogP contribution in [0.4, 0.5) is 5.69 Å². The van der Waals surface area contributed by atoms with E-state index < -0.39 is 4.92 Å². The lowest BCUT2D eigenvalue weighted by molar-refractivity contribution is -0.384. The number of nitro benzene ring substituents is 1. The topological polar surface area (TPSA) is 89.8 Å². The Kier molecular flexibility index (Phi) is 6.74. The Morgan fingerprint density at radius 3 is 2.54 bits per heavy atom. The molecule has 2 aromatic rings. The summed E-state index contributed by atoms with van der Waals surface area (Å²) in [6.45, 7) is 0.162. The minimum absolute atomic E-state index is 0.0299. The van der Waals surface area contributed by atoms with Gasteiger partial charge in [-0.25, -0.2) is 0 Å². The lowest BCUT2D eigenvalue weighted by Crippen LogP contribution is -2.31. The third kappa shape index (κ3) is 5.06. The minimum Gasteiger partial charge on any atom is -0.483 e. The fourth-order valence-electron chi connectivity index (χ4n) is 2.22. The smallest absolute Gasteiger partial charge is 0.270 e. The Morgan fingerprint density at radius 2 is 1.96 bits per heavy atom. The minimum atomic E-state index is -0.599. The molecule has 0 radical (unpaired) electrons. The predicted molar refractivity (Wildman–Crippen MR) is 98.7 cm³/mol. The lowest BCUT2D eigenvalue weighted by atomic mass is 10.2. The molecule has 26 heavy (non-hydrogen) atoms. The molecule has 0 aliphatic heterocycles. The first-order valence-electron chi connectivity index (χ1n) is 7.68. The van der Waals surface area contributed by atoms with Crippen molar-refractivity contribution in [2.45, 2.75) is 11.4 Å². The molecule has 0 aromatic heterocycles. The van der Waals surface area contributed by atoms with Crippen LogP contribution in [0.1, 0.15) is 15.9 Å². The maximum atomic E-state index is 12.2. The number of nitrogens with zero attached hydrogens (tertiary/aromatic N) is 2. The molecule has 0 saturated carbocycles. The molecule has 0 bridgehead atoms. The van der Waals surface area contributed by atoms with Gasteiger partial charge in [-0.15, -0.1) is 11.8 Å². The van der Waals surface area contributed by atoms with E-state index in [9.17, 15) is 19.7 Å². The van der Waals surface area contributed by atoms with Gasteiger partial charge in [-0.2, -0.15) is 0 Å². The van der Waals surface area contributed by atoms with Crippen LogP contribution in [0.3, 0.4) is 0 Å². The van der Waals surface area contributed by atoms with E-state index in [-0.39, 0.29) is 29.5 Å². The first kappa shape index (κ1) is 19.5. The van der Waals surface area contributed by atoms with Crippen molar-refractivity contribution in [1.29, 1.82) is 0 Å². The van der Waals surface area contributed by atoms with Crippen LogP contribution in [0.25, 0.3) is 0 Å². The highest BCUT2D eigenvalue weighted by atomic mass is 32.2. The van der Waals surface area contributed by atoms with Gasteiger partial charge in [0.25, 0.3) is 11.6 Å². The fourth-order valence-corrected chi connectivity index (χ4v) is 2.62. The highest BCUT2D eigenvalue weighted by Gasteiger charge is 2.14. The third-order valence-electron chi connectivity index (χ3n) is 3.69. The summed E-state index contributed by atoms with van der Waals surface area (Å²) in [5.41, 5.74) is 0.807. The van der Waals surface area contributed by atoms with E-state index in [4.69, 9.17) is 4.74 Å². The predicted octanol–water partition coefficient (Wildman–Crippen LogP) is 3.17. The molecule has 136 valence electrons. The highest BCUT2D eigenvalue weighted by Crippen LogP contribution is 2.23. The molecule has 0 aliphatic carbocycles. The van der Waals surface area contributed by atoms with Crippen LogP contribution in [-0.4, -0.2) is 41.9 Å². The Hall–Kier alpha value is -2.87. The number of hydrogen-bond donors (Lipinski definition) is 0. The molecular weight excluding hydrogens is 356 g/mol. The molecule has 7 nitrogen and oxygen atoms in total. The monoisotopic (exact) mass is 374 g/mol. The normalized spacial score (nSPS) is 10.2. The van der Waals surface area contributed by atoms with Gasteiger partial charge in [0.1, 0.15) is 5.75 Å². The number of thioether (sulfide) groups is 1. The molecule has 2 aromatic carbocycles. The average Bonchev–Trinajstić information content (AvgIpc) is 2.66. The Balaban J connectivity index is 1.96. The summed E-state index contributed by atoms with van der Waals surface area (Å²) >= 11 is 1.64. The summed E-state index contributed by atoms with van der Waals surface area (Å²) in [6, 6.07) is 11.5. The van der Waals surface area contributed by atoms with Gasteiger partial charge in [0.05, 0.1) is 10.5 Å². The van der Waals surface area contributed by atoms with Gasteiger partial charge in [-0.05, 0) is 30.0 Å². The molecule has 0 aliphatic rings. The Bertz CT molecular complexity index is 808. The zero-order valence-corrected chi connectivity index (χ0v) is 15.2. The van der Waals surface area contributed by atoms with E-state index in [0.717, 1.165) is 16.5 Å². The van der Waals surface area contributed by atoms with Gasteiger partial charge in [0.15, 0.2) is 12.9 Å². The summed E-state index contributed by atoms with van der Waals surface area (Å²) < 4.78 is 5.37. The van der Waals surface area contributed by atoms with Gasteiger partial charge >= 0.3 is 0 Å². The van der Waals surface area contributed by atoms with Crippen molar-refractivity contribution in [3.63, 3.8) is 0 Å². The van der Waals surface area contributed by atoms with Crippen LogP contribution < -0.4 is 4.74 Å². The van der Waals surface area contributed by atoms with Crippen LogP contribution in [0.15, 0.2) is 47.4 Å². The molecule has 0 unspecified atom stereocenters. The van der Waals surface area contributed by atoms with Gasteiger partial charge < -0.3 is 9.64 Å². The summed E-state index contributed by atoms with van der Waals surface area (Å²) in [7, 11) is 1.66. The quantitative estimate of drug-likeness (QED) is 0.305. The largest absolute Gasteiger partial charge is 0.483 e. The standard InChI is InChI=1S/C18H18N2O5S/c1-19(10-13-3-6-16(26-2)7-4-13)18(22)12-25-17-8-5-15(20(23)24)9-14(17)11-21/h3-9,11H,10,12H2,1-2H3. The number of ether oxygens (including phenoxy) is 1. The van der Waals surface area contributed by atoms with Crippen molar-refractivity contribution in [2.75, 3.05) is 19.9 Å². The second-order valence-corrected chi connectivity index (χ2v) is 6.36. The van der Waals surface area contributed by atoms with Gasteiger partial charge in [-0.3, -0.25) is 19.7 Å². The molecule has 0 saturated heterocycles. The lowest BCUT2D eigenvalue weighted by Gasteiger charge is -2.18. The van der Waals surface area contributed by atoms with E-state index >= 15 is 0 Å². The van der Waals surface area contributed by atoms with Gasteiger partial charge in [0.2, 0.25) is 0 Å². The number of rotatable bonds is 8. The maximum absolute atomic E-state index is 12.2. The van der Waals surface area contributed by atoms with Crippen molar-refractivity contribution in [3.8, 4) is 5.75 Å². The summed E-state index contributed by atoms with van der Waals surface area (Å²) in [6.07, 6.45) is 2.46. The number of carbonyl (C=O) groups excluding carboxylic acids is 2. The number of likely N-dealkylation sites (N-methyl/N-ethyl adjacent to an activating group) is 1. The zero-order valence-electron chi connectivity index (χ0n) is 14.4. The SMILES string of the molecule is CSc1ccc(CN(C)C(=O)COc2ccc([N+](=O)[O-])cc2C=O)cc1. The van der Waals surface area contributed by atoms with E-state index in [1.807, 2.05) is 30.5 Å². The second kappa shape index (κ2) is 9.00. The van der Waals surface area contributed by atoms with Gasteiger partial charge in [-0.1, -0.05) is 12.1 Å². The van der Waals surface area contributed by atoms with Crippen LogP contribution in [0.2, 0.25) is 0 Å². The highest BCUT2D eigenvalue weighted by molar-refractivity contribution is 7.98. The molecule has 0 heterocycles. The second-order valence-electron chi connectivity index (χ2n) is 5.48. The van der Waals surface area contributed by atoms with Crippen molar-refractivity contribution in [1.82, 2.24) is 4.90 Å². The van der Waals surface area contributed by atoms with Crippen LogP contribution in [-0.2, 0) is 11.3 Å². The van der Waals surface area contributed by atoms with E-state index in [0.29, 0.717) is 12.8 Å². The van der Waals surface area contributed by atoms with Crippen molar-refractivity contribution in [3.05, 3.63) is 63.7 Å². The third-order valence-corrected chi connectivity index (χ3v) is 4.43. The number of benzene rings is 2.